The Hall–Kier alpha value is -1.56. The Morgan fingerprint density at radius 3 is 1.36 bits per heavy atom. The topological polar surface area (TPSA) is 0 Å². The highest BCUT2D eigenvalue weighted by molar-refractivity contribution is 5.32. The third kappa shape index (κ3) is 4.22. The van der Waals surface area contributed by atoms with E-state index in [0.29, 0.717) is 5.92 Å². The molecule has 0 fully saturated rings. The lowest BCUT2D eigenvalue weighted by Crippen LogP contribution is -2.17. The van der Waals surface area contributed by atoms with Crippen LogP contribution in [0.15, 0.2) is 60.7 Å². The predicted molar refractivity (Wildman–Crippen MR) is 97.2 cm³/mol. The summed E-state index contributed by atoms with van der Waals surface area (Å²) < 4.78 is 0. The normalized spacial score (nSPS) is 12.8. The molecule has 0 aliphatic carbocycles. The van der Waals surface area contributed by atoms with E-state index in [0.717, 1.165) is 11.8 Å². The molecule has 0 heterocycles. The van der Waals surface area contributed by atoms with Crippen LogP contribution in [0.4, 0.5) is 0 Å². The first-order valence-corrected chi connectivity index (χ1v) is 8.89. The van der Waals surface area contributed by atoms with Crippen molar-refractivity contribution in [1.29, 1.82) is 0 Å². The molecular formula is C22H30. The summed E-state index contributed by atoms with van der Waals surface area (Å²) in [6.07, 6.45) is 5.13. The van der Waals surface area contributed by atoms with E-state index in [1.165, 1.54) is 36.8 Å². The largest absolute Gasteiger partial charge is 0.0651 e. The van der Waals surface area contributed by atoms with Crippen LogP contribution in [0.2, 0.25) is 0 Å². The molecule has 0 saturated heterocycles. The fourth-order valence-corrected chi connectivity index (χ4v) is 3.79. The minimum Gasteiger partial charge on any atom is -0.0651 e. The lowest BCUT2D eigenvalue weighted by Gasteiger charge is -2.29. The van der Waals surface area contributed by atoms with Crippen LogP contribution < -0.4 is 0 Å². The van der Waals surface area contributed by atoms with Crippen LogP contribution in [0.25, 0.3) is 0 Å². The second kappa shape index (κ2) is 8.78. The van der Waals surface area contributed by atoms with Gasteiger partial charge in [-0.3, -0.25) is 0 Å². The van der Waals surface area contributed by atoms with Gasteiger partial charge in [-0.1, -0.05) is 101 Å². The molecule has 0 aliphatic rings. The fourth-order valence-electron chi connectivity index (χ4n) is 3.79. The average molecular weight is 294 g/mol. The SMILES string of the molecule is CCC(CC)C(CC)CC(c1ccccc1)c1ccccc1. The van der Waals surface area contributed by atoms with E-state index in [2.05, 4.69) is 81.4 Å². The lowest BCUT2D eigenvalue weighted by molar-refractivity contribution is 0.277. The molecule has 0 heteroatoms. The summed E-state index contributed by atoms with van der Waals surface area (Å²) in [6, 6.07) is 22.1. The highest BCUT2D eigenvalue weighted by atomic mass is 14.3. The molecule has 2 rings (SSSR count). The molecule has 0 bridgehead atoms. The zero-order valence-corrected chi connectivity index (χ0v) is 14.3. The lowest BCUT2D eigenvalue weighted by atomic mass is 9.76. The van der Waals surface area contributed by atoms with E-state index < -0.39 is 0 Å². The van der Waals surface area contributed by atoms with E-state index in [1.807, 2.05) is 0 Å². The maximum Gasteiger partial charge on any atom is 0.00920 e. The van der Waals surface area contributed by atoms with Crippen molar-refractivity contribution in [3.05, 3.63) is 71.8 Å². The van der Waals surface area contributed by atoms with Crippen LogP contribution in [0.3, 0.4) is 0 Å². The van der Waals surface area contributed by atoms with Crippen molar-refractivity contribution in [2.45, 2.75) is 52.4 Å². The van der Waals surface area contributed by atoms with Crippen molar-refractivity contribution in [2.24, 2.45) is 11.8 Å². The van der Waals surface area contributed by atoms with E-state index in [4.69, 9.17) is 0 Å². The molecule has 118 valence electrons. The van der Waals surface area contributed by atoms with E-state index >= 15 is 0 Å². The van der Waals surface area contributed by atoms with Crippen LogP contribution in [-0.4, -0.2) is 0 Å². The van der Waals surface area contributed by atoms with Gasteiger partial charge in [-0.15, -0.1) is 0 Å². The number of hydrogen-bond donors (Lipinski definition) is 0. The Balaban J connectivity index is 2.29. The second-order valence-electron chi connectivity index (χ2n) is 6.35. The van der Waals surface area contributed by atoms with Gasteiger partial charge >= 0.3 is 0 Å². The maximum atomic E-state index is 2.36. The van der Waals surface area contributed by atoms with Crippen LogP contribution >= 0.6 is 0 Å². The molecule has 2 aromatic rings. The van der Waals surface area contributed by atoms with Crippen LogP contribution in [0, 0.1) is 11.8 Å². The quantitative estimate of drug-likeness (QED) is 0.510. The minimum atomic E-state index is 0.521. The first-order chi connectivity index (χ1) is 10.8. The molecule has 22 heavy (non-hydrogen) atoms. The van der Waals surface area contributed by atoms with Crippen molar-refractivity contribution in [3.63, 3.8) is 0 Å². The van der Waals surface area contributed by atoms with Crippen molar-refractivity contribution in [3.8, 4) is 0 Å². The highest BCUT2D eigenvalue weighted by Crippen LogP contribution is 2.36. The Morgan fingerprint density at radius 1 is 0.591 bits per heavy atom. The summed E-state index contributed by atoms with van der Waals surface area (Å²) in [6.45, 7) is 7.05. The van der Waals surface area contributed by atoms with Crippen LogP contribution in [0.1, 0.15) is 63.5 Å². The van der Waals surface area contributed by atoms with E-state index in [-0.39, 0.29) is 0 Å². The Labute approximate surface area is 136 Å². The molecule has 0 spiro atoms. The van der Waals surface area contributed by atoms with Gasteiger partial charge in [0.2, 0.25) is 0 Å². The Kier molecular flexibility index (Phi) is 6.71. The first kappa shape index (κ1) is 16.8. The average Bonchev–Trinajstić information content (AvgIpc) is 2.60. The third-order valence-corrected chi connectivity index (χ3v) is 5.18. The first-order valence-electron chi connectivity index (χ1n) is 8.89. The number of hydrogen-bond acceptors (Lipinski definition) is 0. The molecular weight excluding hydrogens is 264 g/mol. The standard InChI is InChI=1S/C22H30/c1-4-18(5-2)19(6-3)17-22(20-13-9-7-10-14-20)21-15-11-8-12-16-21/h7-16,18-19,22H,4-6,17H2,1-3H3. The summed E-state index contributed by atoms with van der Waals surface area (Å²) >= 11 is 0. The summed E-state index contributed by atoms with van der Waals surface area (Å²) in [5.74, 6) is 2.17. The zero-order chi connectivity index (χ0) is 15.8. The van der Waals surface area contributed by atoms with Crippen molar-refractivity contribution < 1.29 is 0 Å². The summed E-state index contributed by atoms with van der Waals surface area (Å²) in [4.78, 5) is 0. The summed E-state index contributed by atoms with van der Waals surface area (Å²) in [5, 5.41) is 0. The molecule has 0 N–H and O–H groups in total. The number of rotatable bonds is 8. The van der Waals surface area contributed by atoms with E-state index in [1.54, 1.807) is 0 Å². The second-order valence-corrected chi connectivity index (χ2v) is 6.35. The fraction of sp³-hybridized carbons (Fsp3) is 0.455. The van der Waals surface area contributed by atoms with Crippen molar-refractivity contribution in [1.82, 2.24) is 0 Å². The molecule has 0 radical (unpaired) electrons. The molecule has 0 saturated carbocycles. The van der Waals surface area contributed by atoms with Gasteiger partial charge in [0.05, 0.1) is 0 Å². The smallest absolute Gasteiger partial charge is 0.00920 e. The molecule has 0 amide bonds. The van der Waals surface area contributed by atoms with Gasteiger partial charge in [-0.25, -0.2) is 0 Å². The predicted octanol–water partition coefficient (Wildman–Crippen LogP) is 6.67. The van der Waals surface area contributed by atoms with Gasteiger partial charge in [0.1, 0.15) is 0 Å². The van der Waals surface area contributed by atoms with Crippen LogP contribution in [0.5, 0.6) is 0 Å². The molecule has 2 aromatic carbocycles. The molecule has 0 aliphatic heterocycles. The van der Waals surface area contributed by atoms with Gasteiger partial charge in [-0.2, -0.15) is 0 Å². The highest BCUT2D eigenvalue weighted by Gasteiger charge is 2.23. The summed E-state index contributed by atoms with van der Waals surface area (Å²) in [5.41, 5.74) is 2.91. The van der Waals surface area contributed by atoms with Gasteiger partial charge in [-0.05, 0) is 29.4 Å². The maximum absolute atomic E-state index is 2.36. The van der Waals surface area contributed by atoms with Gasteiger partial charge in [0.25, 0.3) is 0 Å². The molecule has 0 aromatic heterocycles. The van der Waals surface area contributed by atoms with Gasteiger partial charge in [0, 0.05) is 5.92 Å². The zero-order valence-electron chi connectivity index (χ0n) is 14.3. The Morgan fingerprint density at radius 2 is 1.00 bits per heavy atom. The Bertz CT molecular complexity index is 471. The minimum absolute atomic E-state index is 0.521. The van der Waals surface area contributed by atoms with Gasteiger partial charge in [0.15, 0.2) is 0 Å². The number of benzene rings is 2. The molecule has 0 nitrogen and oxygen atoms in total. The van der Waals surface area contributed by atoms with E-state index in [9.17, 15) is 0 Å². The van der Waals surface area contributed by atoms with Gasteiger partial charge < -0.3 is 0 Å². The monoisotopic (exact) mass is 294 g/mol. The summed E-state index contributed by atoms with van der Waals surface area (Å²) in [7, 11) is 0. The van der Waals surface area contributed by atoms with Crippen LogP contribution in [-0.2, 0) is 0 Å². The third-order valence-electron chi connectivity index (χ3n) is 5.18. The van der Waals surface area contributed by atoms with Crippen molar-refractivity contribution in [2.75, 3.05) is 0 Å². The molecule has 1 atom stereocenters. The van der Waals surface area contributed by atoms with Crippen molar-refractivity contribution >= 4 is 0 Å². The molecule has 1 unspecified atom stereocenters.